The molecule has 1 fully saturated rings. The number of carbonyl (C=O) groups excluding carboxylic acids is 1. The van der Waals surface area contributed by atoms with E-state index in [9.17, 15) is 4.79 Å². The molecule has 0 heterocycles. The van der Waals surface area contributed by atoms with Gasteiger partial charge in [-0.25, -0.2) is 0 Å². The molecule has 1 aromatic carbocycles. The van der Waals surface area contributed by atoms with Gasteiger partial charge in [-0.3, -0.25) is 4.79 Å². The van der Waals surface area contributed by atoms with E-state index in [1.54, 1.807) is 0 Å². The van der Waals surface area contributed by atoms with Crippen LogP contribution in [-0.2, 0) is 11.2 Å². The summed E-state index contributed by atoms with van der Waals surface area (Å²) < 4.78 is 0. The molecule has 3 N–H and O–H groups in total. The summed E-state index contributed by atoms with van der Waals surface area (Å²) in [6.45, 7) is 2.16. The Bertz CT molecular complexity index is 405. The Labute approximate surface area is 109 Å². The standard InChI is InChI=1S/C15H22N2O/c1-2-5-12-6-8-13(9-7-12)17-14(18)15(16)10-3-4-11-15/h6-9H,2-5,10-11,16H2,1H3,(H,17,18). The molecule has 0 unspecified atom stereocenters. The Kier molecular flexibility index (Phi) is 4.02. The third kappa shape index (κ3) is 2.91. The molecule has 1 amide bonds. The summed E-state index contributed by atoms with van der Waals surface area (Å²) in [5.41, 5.74) is 7.61. The summed E-state index contributed by atoms with van der Waals surface area (Å²) in [7, 11) is 0. The van der Waals surface area contributed by atoms with E-state index >= 15 is 0 Å². The second kappa shape index (κ2) is 5.53. The SMILES string of the molecule is CCCc1ccc(NC(=O)C2(N)CCCC2)cc1. The highest BCUT2D eigenvalue weighted by Crippen LogP contribution is 2.28. The van der Waals surface area contributed by atoms with Gasteiger partial charge in [0.1, 0.15) is 0 Å². The van der Waals surface area contributed by atoms with Crippen molar-refractivity contribution in [3.63, 3.8) is 0 Å². The first-order chi connectivity index (χ1) is 8.64. The summed E-state index contributed by atoms with van der Waals surface area (Å²) in [6.07, 6.45) is 5.92. The maximum atomic E-state index is 12.1. The largest absolute Gasteiger partial charge is 0.324 e. The molecule has 0 aliphatic heterocycles. The van der Waals surface area contributed by atoms with Crippen LogP contribution in [-0.4, -0.2) is 11.4 Å². The number of aryl methyl sites for hydroxylation is 1. The van der Waals surface area contributed by atoms with Gasteiger partial charge in [0.25, 0.3) is 0 Å². The molecule has 2 rings (SSSR count). The number of amides is 1. The summed E-state index contributed by atoms with van der Waals surface area (Å²) >= 11 is 0. The van der Waals surface area contributed by atoms with Gasteiger partial charge in [-0.05, 0) is 37.0 Å². The predicted molar refractivity (Wildman–Crippen MR) is 74.5 cm³/mol. The number of nitrogens with two attached hydrogens (primary N) is 1. The number of hydrogen-bond acceptors (Lipinski definition) is 2. The molecule has 1 aromatic rings. The van der Waals surface area contributed by atoms with E-state index in [1.165, 1.54) is 5.56 Å². The lowest BCUT2D eigenvalue weighted by Crippen LogP contribution is -2.48. The van der Waals surface area contributed by atoms with Crippen LogP contribution in [0.15, 0.2) is 24.3 Å². The first-order valence-corrected chi connectivity index (χ1v) is 6.83. The number of carbonyl (C=O) groups is 1. The second-order valence-corrected chi connectivity index (χ2v) is 5.26. The van der Waals surface area contributed by atoms with Crippen LogP contribution in [0.1, 0.15) is 44.6 Å². The van der Waals surface area contributed by atoms with Crippen molar-refractivity contribution >= 4 is 11.6 Å². The van der Waals surface area contributed by atoms with E-state index in [-0.39, 0.29) is 5.91 Å². The van der Waals surface area contributed by atoms with Gasteiger partial charge >= 0.3 is 0 Å². The zero-order chi connectivity index (χ0) is 13.0. The Hall–Kier alpha value is -1.35. The maximum Gasteiger partial charge on any atom is 0.244 e. The predicted octanol–water partition coefficient (Wildman–Crippen LogP) is 2.85. The van der Waals surface area contributed by atoms with Crippen molar-refractivity contribution in [2.24, 2.45) is 5.73 Å². The number of nitrogens with one attached hydrogen (secondary N) is 1. The van der Waals surface area contributed by atoms with Gasteiger partial charge in [-0.2, -0.15) is 0 Å². The first kappa shape index (κ1) is 13.1. The molecule has 3 nitrogen and oxygen atoms in total. The van der Waals surface area contributed by atoms with Crippen LogP contribution in [0.25, 0.3) is 0 Å². The lowest BCUT2D eigenvalue weighted by molar-refractivity contribution is -0.121. The summed E-state index contributed by atoms with van der Waals surface area (Å²) in [6, 6.07) is 8.05. The van der Waals surface area contributed by atoms with Crippen molar-refractivity contribution in [1.29, 1.82) is 0 Å². The molecule has 0 spiro atoms. The van der Waals surface area contributed by atoms with E-state index in [2.05, 4.69) is 24.4 Å². The summed E-state index contributed by atoms with van der Waals surface area (Å²) in [5.74, 6) is -0.0387. The van der Waals surface area contributed by atoms with E-state index < -0.39 is 5.54 Å². The van der Waals surface area contributed by atoms with Crippen molar-refractivity contribution in [3.8, 4) is 0 Å². The van der Waals surface area contributed by atoms with Gasteiger partial charge in [0, 0.05) is 5.69 Å². The number of rotatable bonds is 4. The van der Waals surface area contributed by atoms with Gasteiger partial charge in [0.15, 0.2) is 0 Å². The molecule has 0 bridgehead atoms. The van der Waals surface area contributed by atoms with Crippen LogP contribution in [0.5, 0.6) is 0 Å². The van der Waals surface area contributed by atoms with Crippen molar-refractivity contribution in [2.45, 2.75) is 51.0 Å². The fraction of sp³-hybridized carbons (Fsp3) is 0.533. The van der Waals surface area contributed by atoms with E-state index in [0.717, 1.165) is 44.2 Å². The molecule has 0 radical (unpaired) electrons. The van der Waals surface area contributed by atoms with Crippen LogP contribution >= 0.6 is 0 Å². The molecule has 0 atom stereocenters. The van der Waals surface area contributed by atoms with Gasteiger partial charge in [-0.1, -0.05) is 38.3 Å². The van der Waals surface area contributed by atoms with E-state index in [4.69, 9.17) is 5.73 Å². The van der Waals surface area contributed by atoms with Crippen LogP contribution in [0.2, 0.25) is 0 Å². The van der Waals surface area contributed by atoms with Crippen LogP contribution in [0.3, 0.4) is 0 Å². The third-order valence-electron chi connectivity index (χ3n) is 3.70. The number of benzene rings is 1. The molecule has 1 aliphatic carbocycles. The fourth-order valence-corrected chi connectivity index (χ4v) is 2.53. The Morgan fingerprint density at radius 1 is 1.28 bits per heavy atom. The zero-order valence-corrected chi connectivity index (χ0v) is 11.0. The van der Waals surface area contributed by atoms with Crippen molar-refractivity contribution in [1.82, 2.24) is 0 Å². The van der Waals surface area contributed by atoms with Crippen molar-refractivity contribution < 1.29 is 4.79 Å². The maximum absolute atomic E-state index is 12.1. The average Bonchev–Trinajstić information content (AvgIpc) is 2.80. The van der Waals surface area contributed by atoms with Crippen molar-refractivity contribution in [3.05, 3.63) is 29.8 Å². The van der Waals surface area contributed by atoms with Gasteiger partial charge < -0.3 is 11.1 Å². The minimum Gasteiger partial charge on any atom is -0.324 e. The molecule has 0 aromatic heterocycles. The number of anilines is 1. The molecule has 3 heteroatoms. The highest BCUT2D eigenvalue weighted by molar-refractivity contribution is 5.98. The third-order valence-corrected chi connectivity index (χ3v) is 3.70. The van der Waals surface area contributed by atoms with Gasteiger partial charge in [0.05, 0.1) is 5.54 Å². The zero-order valence-electron chi connectivity index (χ0n) is 11.0. The Morgan fingerprint density at radius 3 is 2.44 bits per heavy atom. The minimum absolute atomic E-state index is 0.0387. The Morgan fingerprint density at radius 2 is 1.89 bits per heavy atom. The average molecular weight is 246 g/mol. The lowest BCUT2D eigenvalue weighted by atomic mass is 9.98. The van der Waals surface area contributed by atoms with Gasteiger partial charge in [-0.15, -0.1) is 0 Å². The van der Waals surface area contributed by atoms with Gasteiger partial charge in [0.2, 0.25) is 5.91 Å². The van der Waals surface area contributed by atoms with E-state index in [0.29, 0.717) is 0 Å². The molecule has 1 aliphatic rings. The Balaban J connectivity index is 1.98. The topological polar surface area (TPSA) is 55.1 Å². The molecular formula is C15H22N2O. The van der Waals surface area contributed by atoms with E-state index in [1.807, 2.05) is 12.1 Å². The normalized spacial score (nSPS) is 17.7. The highest BCUT2D eigenvalue weighted by atomic mass is 16.2. The molecule has 0 saturated heterocycles. The second-order valence-electron chi connectivity index (χ2n) is 5.26. The molecule has 98 valence electrons. The summed E-state index contributed by atoms with van der Waals surface area (Å²) in [4.78, 5) is 12.1. The summed E-state index contributed by atoms with van der Waals surface area (Å²) in [5, 5.41) is 2.93. The molecular weight excluding hydrogens is 224 g/mol. The van der Waals surface area contributed by atoms with Crippen molar-refractivity contribution in [2.75, 3.05) is 5.32 Å². The molecule has 18 heavy (non-hydrogen) atoms. The van der Waals surface area contributed by atoms with Crippen LogP contribution in [0, 0.1) is 0 Å². The minimum atomic E-state index is -0.651. The lowest BCUT2D eigenvalue weighted by Gasteiger charge is -2.22. The fourth-order valence-electron chi connectivity index (χ4n) is 2.53. The number of hydrogen-bond donors (Lipinski definition) is 2. The smallest absolute Gasteiger partial charge is 0.244 e. The van der Waals surface area contributed by atoms with Crippen LogP contribution in [0.4, 0.5) is 5.69 Å². The van der Waals surface area contributed by atoms with Crippen LogP contribution < -0.4 is 11.1 Å². The first-order valence-electron chi connectivity index (χ1n) is 6.83. The quantitative estimate of drug-likeness (QED) is 0.858. The highest BCUT2D eigenvalue weighted by Gasteiger charge is 2.36. The monoisotopic (exact) mass is 246 g/mol. The molecule has 1 saturated carbocycles.